The largest absolute Gasteiger partial charge is 0.456 e. The molecule has 3 aliphatic heterocycles. The van der Waals surface area contributed by atoms with E-state index in [2.05, 4.69) is 53.5 Å². The van der Waals surface area contributed by atoms with Gasteiger partial charge in [0, 0.05) is 46.5 Å². The predicted molar refractivity (Wildman–Crippen MR) is 241 cm³/mol. The van der Waals surface area contributed by atoms with Crippen LogP contribution in [0.15, 0.2) is 173 Å². The summed E-state index contributed by atoms with van der Waals surface area (Å²) in [7, 11) is -1.25. The number of benzene rings is 8. The van der Waals surface area contributed by atoms with Gasteiger partial charge in [0.25, 0.3) is 0 Å². The Morgan fingerprint density at radius 3 is 1.61 bits per heavy atom. The Labute approximate surface area is 353 Å². The highest BCUT2D eigenvalue weighted by atomic mass is 31.1. The molecule has 14 rings (SSSR count). The zero-order chi connectivity index (χ0) is 40.5. The van der Waals surface area contributed by atoms with Crippen LogP contribution in [0.2, 0.25) is 0 Å². The van der Waals surface area contributed by atoms with Crippen LogP contribution in [0.3, 0.4) is 0 Å². The molecule has 0 amide bonds. The molecule has 3 aromatic heterocycles. The number of hydrogen-bond acceptors (Lipinski definition) is 9. The maximum Gasteiger partial charge on any atom is 0.181 e. The minimum absolute atomic E-state index is 0.495. The molecule has 1 atom stereocenters. The molecule has 62 heavy (non-hydrogen) atoms. The van der Waals surface area contributed by atoms with Crippen LogP contribution in [0.5, 0.6) is 34.5 Å². The smallest absolute Gasteiger partial charge is 0.181 e. The summed E-state index contributed by atoms with van der Waals surface area (Å²) in [5, 5.41) is 5.11. The van der Waals surface area contributed by atoms with E-state index in [0.29, 0.717) is 34.6 Å². The minimum Gasteiger partial charge on any atom is -0.456 e. The Morgan fingerprint density at radius 1 is 0.387 bits per heavy atom. The first-order valence-corrected chi connectivity index (χ1v) is 21.5. The molecule has 0 fully saturated rings. The van der Waals surface area contributed by atoms with Crippen molar-refractivity contribution < 1.29 is 23.0 Å². The van der Waals surface area contributed by atoms with Gasteiger partial charge in [-0.2, -0.15) is 0 Å². The number of nitrogens with zero attached hydrogens (tertiary/aromatic N) is 4. The highest BCUT2D eigenvalue weighted by molar-refractivity contribution is 7.81. The van der Waals surface area contributed by atoms with Gasteiger partial charge in [-0.05, 0) is 77.9 Å². The molecule has 0 radical (unpaired) electrons. The lowest BCUT2D eigenvalue weighted by Gasteiger charge is -2.40. The maximum atomic E-state index is 7.19. The quantitative estimate of drug-likeness (QED) is 0.157. The molecule has 0 aliphatic carbocycles. The lowest BCUT2D eigenvalue weighted by atomic mass is 10.0. The third kappa shape index (κ3) is 4.94. The van der Waals surface area contributed by atoms with Crippen LogP contribution in [-0.2, 0) is 0 Å². The number of para-hydroxylation sites is 1. The second-order valence-electron chi connectivity index (χ2n) is 15.4. The number of fused-ring (bicyclic) bond motifs is 4. The van der Waals surface area contributed by atoms with E-state index in [1.165, 1.54) is 6.39 Å². The van der Waals surface area contributed by atoms with Crippen LogP contribution in [0.4, 0.5) is 0 Å². The van der Waals surface area contributed by atoms with E-state index in [9.17, 15) is 0 Å². The number of furan rings is 1. The molecular formula is C52H27N4O5P. The average Bonchev–Trinajstić information content (AvgIpc) is 3.96. The van der Waals surface area contributed by atoms with Crippen molar-refractivity contribution in [1.29, 1.82) is 0 Å². The van der Waals surface area contributed by atoms with Gasteiger partial charge in [0.15, 0.2) is 29.4 Å². The van der Waals surface area contributed by atoms with Crippen LogP contribution < -0.4 is 30.1 Å². The molecule has 3 aliphatic rings. The molecule has 0 bridgehead atoms. The zero-order valence-electron chi connectivity index (χ0n) is 32.4. The Balaban J connectivity index is 1.01. The van der Waals surface area contributed by atoms with Crippen molar-refractivity contribution in [3.8, 4) is 90.9 Å². The number of aromatic nitrogens is 4. The van der Waals surface area contributed by atoms with Gasteiger partial charge in [0.1, 0.15) is 51.2 Å². The van der Waals surface area contributed by atoms with Crippen molar-refractivity contribution in [2.75, 3.05) is 0 Å². The normalized spacial score (nSPS) is 14.0. The second-order valence-corrected chi connectivity index (χ2v) is 17.4. The van der Waals surface area contributed by atoms with E-state index >= 15 is 0 Å². The van der Waals surface area contributed by atoms with Crippen molar-refractivity contribution in [3.05, 3.63) is 164 Å². The summed E-state index contributed by atoms with van der Waals surface area (Å²) in [4.78, 5) is 19.5. The lowest BCUT2D eigenvalue weighted by molar-refractivity contribution is 0.447. The van der Waals surface area contributed by atoms with Gasteiger partial charge >= 0.3 is 0 Å². The number of rotatable bonds is 5. The van der Waals surface area contributed by atoms with Crippen molar-refractivity contribution in [1.82, 2.24) is 19.9 Å². The SMILES string of the molecule is c1ccc(-c2nc(-c3ccccc3)nc(-c3cc4c5c(c3)Oc3c(-c6ccc7c(c6)oc6ccccc67)ccc6c3P5c3c(ccc(-c5ccc7ncoc7c5)c3O4)O6)n2)cc1. The Kier molecular flexibility index (Phi) is 6.89. The third-order valence-corrected chi connectivity index (χ3v) is 14.5. The van der Waals surface area contributed by atoms with Gasteiger partial charge in [-0.15, -0.1) is 0 Å². The minimum atomic E-state index is -1.25. The summed E-state index contributed by atoms with van der Waals surface area (Å²) in [5.41, 5.74) is 9.37. The molecule has 10 heteroatoms. The summed E-state index contributed by atoms with van der Waals surface area (Å²) in [5.74, 6) is 5.94. The second kappa shape index (κ2) is 12.7. The van der Waals surface area contributed by atoms with Crippen LogP contribution >= 0.6 is 7.92 Å². The van der Waals surface area contributed by atoms with E-state index in [1.807, 2.05) is 109 Å². The molecule has 0 N–H and O–H groups in total. The first-order valence-electron chi connectivity index (χ1n) is 20.2. The molecule has 0 spiro atoms. The fraction of sp³-hybridized carbons (Fsp3) is 0. The molecule has 11 aromatic rings. The zero-order valence-corrected chi connectivity index (χ0v) is 33.3. The summed E-state index contributed by atoms with van der Waals surface area (Å²) >= 11 is 0. The topological polar surface area (TPSA) is 106 Å². The van der Waals surface area contributed by atoms with E-state index in [-0.39, 0.29) is 0 Å². The van der Waals surface area contributed by atoms with Crippen molar-refractivity contribution in [2.45, 2.75) is 0 Å². The highest BCUT2D eigenvalue weighted by Gasteiger charge is 2.46. The van der Waals surface area contributed by atoms with Gasteiger partial charge < -0.3 is 23.0 Å². The fourth-order valence-corrected chi connectivity index (χ4v) is 11.7. The number of oxazole rings is 1. The summed E-state index contributed by atoms with van der Waals surface area (Å²) in [6.07, 6.45) is 1.47. The van der Waals surface area contributed by atoms with Gasteiger partial charge in [-0.1, -0.05) is 91.0 Å². The third-order valence-electron chi connectivity index (χ3n) is 11.8. The summed E-state index contributed by atoms with van der Waals surface area (Å²) < 4.78 is 33.2. The van der Waals surface area contributed by atoms with E-state index in [0.717, 1.165) is 105 Å². The van der Waals surface area contributed by atoms with Crippen molar-refractivity contribution >= 4 is 56.9 Å². The molecule has 1 unspecified atom stereocenters. The van der Waals surface area contributed by atoms with Crippen LogP contribution in [0.1, 0.15) is 0 Å². The van der Waals surface area contributed by atoms with E-state index in [4.69, 9.17) is 38.0 Å². The van der Waals surface area contributed by atoms with Crippen molar-refractivity contribution in [2.24, 2.45) is 0 Å². The molecule has 0 saturated heterocycles. The highest BCUT2D eigenvalue weighted by Crippen LogP contribution is 2.62. The lowest BCUT2D eigenvalue weighted by Crippen LogP contribution is -2.36. The molecule has 8 aromatic carbocycles. The Bertz CT molecular complexity index is 3640. The van der Waals surface area contributed by atoms with E-state index in [1.54, 1.807) is 0 Å². The standard InChI is InChI=1S/C52H27N4O5P/c1-3-9-28(10-4-1)50-54-51(29-11-5-2-6-12-29)56-52(55-50)32-25-43-47-44(26-32)61-46-34(31-16-20-37-42(24-31)57-27-53-37)19-22-40-49(46)62(47)48-39(59-40)21-18-33(45(48)60-43)30-15-17-36-35-13-7-8-14-38(35)58-41(36)23-30/h1-27H. The van der Waals surface area contributed by atoms with Gasteiger partial charge in [-0.3, -0.25) is 0 Å². The molecule has 9 nitrogen and oxygen atoms in total. The van der Waals surface area contributed by atoms with Crippen LogP contribution in [0, 0.1) is 0 Å². The number of hydrogen-bond donors (Lipinski definition) is 0. The van der Waals surface area contributed by atoms with Crippen LogP contribution in [0.25, 0.3) is 89.5 Å². The number of ether oxygens (including phenoxy) is 3. The van der Waals surface area contributed by atoms with Crippen LogP contribution in [-0.4, -0.2) is 19.9 Å². The first kappa shape index (κ1) is 33.7. The predicted octanol–water partition coefficient (Wildman–Crippen LogP) is 12.3. The van der Waals surface area contributed by atoms with Crippen molar-refractivity contribution in [3.63, 3.8) is 0 Å². The fourth-order valence-electron chi connectivity index (χ4n) is 8.97. The monoisotopic (exact) mass is 818 g/mol. The van der Waals surface area contributed by atoms with Gasteiger partial charge in [0.05, 0.1) is 15.9 Å². The van der Waals surface area contributed by atoms with Gasteiger partial charge in [0.2, 0.25) is 0 Å². The van der Waals surface area contributed by atoms with E-state index < -0.39 is 7.92 Å². The molecule has 6 heterocycles. The Hall–Kier alpha value is -8.13. The molecule has 290 valence electrons. The Morgan fingerprint density at radius 2 is 0.952 bits per heavy atom. The molecule has 0 saturated carbocycles. The first-order chi connectivity index (χ1) is 30.7. The molecular weight excluding hydrogens is 792 g/mol. The maximum absolute atomic E-state index is 7.19. The summed E-state index contributed by atoms with van der Waals surface area (Å²) in [6.45, 7) is 0. The summed E-state index contributed by atoms with van der Waals surface area (Å²) in [6, 6.07) is 52.8. The van der Waals surface area contributed by atoms with Gasteiger partial charge in [-0.25, -0.2) is 19.9 Å². The average molecular weight is 819 g/mol.